The maximum absolute atomic E-state index is 13.4. The SMILES string of the molecule is CCCN(C)Cc1c[nH]nc1-c1cc(F)cc(Cl)c1. The van der Waals surface area contributed by atoms with Gasteiger partial charge in [0.2, 0.25) is 0 Å². The number of aromatic nitrogens is 2. The van der Waals surface area contributed by atoms with Gasteiger partial charge >= 0.3 is 0 Å². The van der Waals surface area contributed by atoms with Gasteiger partial charge in [0, 0.05) is 28.9 Å². The molecule has 0 bridgehead atoms. The zero-order chi connectivity index (χ0) is 13.8. The molecule has 3 nitrogen and oxygen atoms in total. The highest BCUT2D eigenvalue weighted by atomic mass is 35.5. The second kappa shape index (κ2) is 6.17. The first-order valence-electron chi connectivity index (χ1n) is 6.27. The Morgan fingerprint density at radius 1 is 1.37 bits per heavy atom. The normalized spacial score (nSPS) is 11.2. The standard InChI is InChI=1S/C14H17ClFN3/c1-3-4-19(2)9-11-8-17-18-14(11)10-5-12(15)7-13(16)6-10/h5-8H,3-4,9H2,1-2H3,(H,17,18). The quantitative estimate of drug-likeness (QED) is 0.906. The van der Waals surface area contributed by atoms with E-state index in [2.05, 4.69) is 29.1 Å². The van der Waals surface area contributed by atoms with Crippen LogP contribution in [0, 0.1) is 5.82 Å². The smallest absolute Gasteiger partial charge is 0.125 e. The Labute approximate surface area is 117 Å². The highest BCUT2D eigenvalue weighted by Crippen LogP contribution is 2.26. The van der Waals surface area contributed by atoms with Crippen LogP contribution in [0.15, 0.2) is 24.4 Å². The highest BCUT2D eigenvalue weighted by Gasteiger charge is 2.12. The van der Waals surface area contributed by atoms with Crippen molar-refractivity contribution >= 4 is 11.6 Å². The van der Waals surface area contributed by atoms with Crippen LogP contribution in [0.2, 0.25) is 5.02 Å². The first-order chi connectivity index (χ1) is 9.10. The molecular weight excluding hydrogens is 265 g/mol. The lowest BCUT2D eigenvalue weighted by Gasteiger charge is -2.15. The van der Waals surface area contributed by atoms with Gasteiger partial charge in [-0.3, -0.25) is 5.10 Å². The summed E-state index contributed by atoms with van der Waals surface area (Å²) in [5, 5.41) is 7.43. The minimum absolute atomic E-state index is 0.349. The molecule has 0 aliphatic rings. The van der Waals surface area contributed by atoms with Crippen LogP contribution in [0.1, 0.15) is 18.9 Å². The van der Waals surface area contributed by atoms with Crippen LogP contribution in [0.25, 0.3) is 11.3 Å². The summed E-state index contributed by atoms with van der Waals surface area (Å²) in [5.41, 5.74) is 2.49. The van der Waals surface area contributed by atoms with Gasteiger partial charge in [-0.1, -0.05) is 18.5 Å². The molecule has 2 aromatic rings. The van der Waals surface area contributed by atoms with Gasteiger partial charge in [-0.15, -0.1) is 0 Å². The molecule has 0 spiro atoms. The molecule has 0 radical (unpaired) electrons. The molecule has 0 fully saturated rings. The van der Waals surface area contributed by atoms with Gasteiger partial charge < -0.3 is 4.90 Å². The van der Waals surface area contributed by atoms with Crippen LogP contribution >= 0.6 is 11.6 Å². The van der Waals surface area contributed by atoms with Crippen molar-refractivity contribution in [2.75, 3.05) is 13.6 Å². The third kappa shape index (κ3) is 3.55. The lowest BCUT2D eigenvalue weighted by atomic mass is 10.1. The van der Waals surface area contributed by atoms with E-state index in [1.807, 2.05) is 6.20 Å². The first kappa shape index (κ1) is 14.0. The van der Waals surface area contributed by atoms with Crippen molar-refractivity contribution in [1.82, 2.24) is 15.1 Å². The zero-order valence-electron chi connectivity index (χ0n) is 11.1. The molecule has 19 heavy (non-hydrogen) atoms. The third-order valence-electron chi connectivity index (χ3n) is 2.90. The van der Waals surface area contributed by atoms with Gasteiger partial charge in [-0.25, -0.2) is 4.39 Å². The van der Waals surface area contributed by atoms with E-state index in [4.69, 9.17) is 11.6 Å². The van der Waals surface area contributed by atoms with Crippen molar-refractivity contribution in [3.05, 3.63) is 40.8 Å². The molecule has 0 aliphatic carbocycles. The van der Waals surface area contributed by atoms with Crippen LogP contribution < -0.4 is 0 Å². The van der Waals surface area contributed by atoms with E-state index >= 15 is 0 Å². The monoisotopic (exact) mass is 281 g/mol. The minimum atomic E-state index is -0.349. The molecule has 1 aromatic carbocycles. The maximum Gasteiger partial charge on any atom is 0.125 e. The molecule has 5 heteroatoms. The van der Waals surface area contributed by atoms with E-state index in [0.29, 0.717) is 10.6 Å². The number of halogens is 2. The Balaban J connectivity index is 2.28. The van der Waals surface area contributed by atoms with Gasteiger partial charge in [0.1, 0.15) is 5.82 Å². The van der Waals surface area contributed by atoms with Crippen LogP contribution in [0.3, 0.4) is 0 Å². The zero-order valence-corrected chi connectivity index (χ0v) is 11.8. The summed E-state index contributed by atoms with van der Waals surface area (Å²) in [5.74, 6) is -0.349. The molecule has 2 rings (SSSR count). The van der Waals surface area contributed by atoms with Gasteiger partial charge in [-0.05, 0) is 38.2 Å². The molecule has 0 atom stereocenters. The number of aromatic amines is 1. The molecule has 0 unspecified atom stereocenters. The fourth-order valence-electron chi connectivity index (χ4n) is 2.13. The number of hydrogen-bond donors (Lipinski definition) is 1. The lowest BCUT2D eigenvalue weighted by molar-refractivity contribution is 0.328. The molecule has 1 aromatic heterocycles. The van der Waals surface area contributed by atoms with Crippen LogP contribution in [-0.4, -0.2) is 28.7 Å². The topological polar surface area (TPSA) is 31.9 Å². The van der Waals surface area contributed by atoms with Crippen molar-refractivity contribution in [3.63, 3.8) is 0 Å². The highest BCUT2D eigenvalue weighted by molar-refractivity contribution is 6.30. The molecule has 102 valence electrons. The Morgan fingerprint density at radius 3 is 2.84 bits per heavy atom. The largest absolute Gasteiger partial charge is 0.302 e. The van der Waals surface area contributed by atoms with Crippen molar-refractivity contribution < 1.29 is 4.39 Å². The summed E-state index contributed by atoms with van der Waals surface area (Å²) in [7, 11) is 2.05. The molecule has 1 N–H and O–H groups in total. The van der Waals surface area contributed by atoms with Gasteiger partial charge in [-0.2, -0.15) is 5.10 Å². The van der Waals surface area contributed by atoms with Crippen LogP contribution in [-0.2, 0) is 6.54 Å². The fraction of sp³-hybridized carbons (Fsp3) is 0.357. The molecular formula is C14H17ClFN3. The summed E-state index contributed by atoms with van der Waals surface area (Å²) < 4.78 is 13.4. The summed E-state index contributed by atoms with van der Waals surface area (Å²) in [6.07, 6.45) is 2.94. The van der Waals surface area contributed by atoms with Gasteiger partial charge in [0.15, 0.2) is 0 Å². The Hall–Kier alpha value is -1.39. The fourth-order valence-corrected chi connectivity index (χ4v) is 2.35. The van der Waals surface area contributed by atoms with E-state index < -0.39 is 0 Å². The molecule has 1 heterocycles. The number of rotatable bonds is 5. The van der Waals surface area contributed by atoms with E-state index in [1.165, 1.54) is 12.1 Å². The second-order valence-electron chi connectivity index (χ2n) is 4.65. The Bertz CT molecular complexity index is 533. The second-order valence-corrected chi connectivity index (χ2v) is 5.09. The number of nitrogens with zero attached hydrogens (tertiary/aromatic N) is 2. The molecule has 0 aliphatic heterocycles. The maximum atomic E-state index is 13.4. The van der Waals surface area contributed by atoms with Gasteiger partial charge in [0.25, 0.3) is 0 Å². The van der Waals surface area contributed by atoms with Crippen LogP contribution in [0.4, 0.5) is 4.39 Å². The number of H-pyrrole nitrogens is 1. The lowest BCUT2D eigenvalue weighted by Crippen LogP contribution is -2.18. The van der Waals surface area contributed by atoms with E-state index in [-0.39, 0.29) is 5.82 Å². The summed E-state index contributed by atoms with van der Waals surface area (Å²) >= 11 is 5.89. The minimum Gasteiger partial charge on any atom is -0.302 e. The predicted molar refractivity (Wildman–Crippen MR) is 75.6 cm³/mol. The first-order valence-corrected chi connectivity index (χ1v) is 6.65. The molecule has 0 saturated carbocycles. The predicted octanol–water partition coefficient (Wildman–Crippen LogP) is 3.71. The number of nitrogens with one attached hydrogen (secondary N) is 1. The van der Waals surface area contributed by atoms with E-state index in [0.717, 1.165) is 30.8 Å². The molecule has 0 amide bonds. The average molecular weight is 282 g/mol. The van der Waals surface area contributed by atoms with Crippen molar-refractivity contribution in [3.8, 4) is 11.3 Å². The van der Waals surface area contributed by atoms with Crippen molar-refractivity contribution in [2.24, 2.45) is 0 Å². The van der Waals surface area contributed by atoms with E-state index in [1.54, 1.807) is 6.07 Å². The van der Waals surface area contributed by atoms with E-state index in [9.17, 15) is 4.39 Å². The van der Waals surface area contributed by atoms with Crippen molar-refractivity contribution in [1.29, 1.82) is 0 Å². The Kier molecular flexibility index (Phi) is 4.56. The Morgan fingerprint density at radius 2 is 2.16 bits per heavy atom. The van der Waals surface area contributed by atoms with Crippen LogP contribution in [0.5, 0.6) is 0 Å². The third-order valence-corrected chi connectivity index (χ3v) is 3.12. The summed E-state index contributed by atoms with van der Waals surface area (Å²) in [6, 6.07) is 4.47. The number of benzene rings is 1. The van der Waals surface area contributed by atoms with Gasteiger partial charge in [0.05, 0.1) is 5.69 Å². The number of hydrogen-bond acceptors (Lipinski definition) is 2. The summed E-state index contributed by atoms with van der Waals surface area (Å²) in [6.45, 7) is 3.92. The average Bonchev–Trinajstić information content (AvgIpc) is 2.76. The summed E-state index contributed by atoms with van der Waals surface area (Å²) in [4.78, 5) is 2.20. The van der Waals surface area contributed by atoms with Crippen molar-refractivity contribution in [2.45, 2.75) is 19.9 Å². The molecule has 0 saturated heterocycles.